The Morgan fingerprint density at radius 2 is 1.22 bits per heavy atom. The van der Waals surface area contributed by atoms with E-state index in [1.807, 2.05) is 0 Å². The summed E-state index contributed by atoms with van der Waals surface area (Å²) in [7, 11) is 4.39. The fraction of sp³-hybridized carbons (Fsp3) is 0.969. The number of esters is 1. The van der Waals surface area contributed by atoms with Crippen molar-refractivity contribution in [1.82, 2.24) is 0 Å². The van der Waals surface area contributed by atoms with Crippen LogP contribution in [0.25, 0.3) is 0 Å². The van der Waals surface area contributed by atoms with E-state index < -0.39 is 0 Å². The summed E-state index contributed by atoms with van der Waals surface area (Å²) in [6.45, 7) is 11.0. The first-order chi connectivity index (χ1) is 16.6. The molecule has 3 nitrogen and oxygen atoms in total. The second-order valence-electron chi connectivity index (χ2n) is 13.7. The van der Waals surface area contributed by atoms with Gasteiger partial charge >= 0.3 is 5.97 Å². The molecular formula is C32H62ClNO2. The molecule has 0 aromatic heterocycles. The van der Waals surface area contributed by atoms with E-state index in [4.69, 9.17) is 4.74 Å². The third kappa shape index (κ3) is 10.5. The maximum Gasteiger partial charge on any atom is 0.362 e. The third-order valence-corrected chi connectivity index (χ3v) is 10.2. The molecule has 0 N–H and O–H groups in total. The van der Waals surface area contributed by atoms with Crippen molar-refractivity contribution in [2.45, 2.75) is 156 Å². The van der Waals surface area contributed by atoms with Gasteiger partial charge in [0.1, 0.15) is 6.10 Å². The third-order valence-electron chi connectivity index (χ3n) is 10.2. The number of hydrogen-bond donors (Lipinski definition) is 0. The first kappa shape index (κ1) is 33.7. The SMILES string of the molecule is CCCCCCCCCCCCCCCCCC[N+](C)(C)CC(=O)OC1CC2CCC1(C)C2(C)C.[Cl-]. The van der Waals surface area contributed by atoms with Gasteiger partial charge in [-0.2, -0.15) is 0 Å². The number of nitrogens with zero attached hydrogens (tertiary/aromatic N) is 1. The molecule has 4 heteroatoms. The van der Waals surface area contributed by atoms with E-state index in [9.17, 15) is 4.79 Å². The highest BCUT2D eigenvalue weighted by Crippen LogP contribution is 2.66. The summed E-state index contributed by atoms with van der Waals surface area (Å²) in [5.74, 6) is 0.735. The summed E-state index contributed by atoms with van der Waals surface area (Å²) in [6, 6.07) is 0. The fourth-order valence-corrected chi connectivity index (χ4v) is 7.02. The lowest BCUT2D eigenvalue weighted by Gasteiger charge is -2.39. The maximum absolute atomic E-state index is 12.8. The molecule has 0 saturated heterocycles. The second-order valence-corrected chi connectivity index (χ2v) is 13.7. The van der Waals surface area contributed by atoms with Crippen LogP contribution >= 0.6 is 0 Å². The van der Waals surface area contributed by atoms with Crippen LogP contribution in [-0.4, -0.2) is 43.7 Å². The Morgan fingerprint density at radius 1 is 0.778 bits per heavy atom. The van der Waals surface area contributed by atoms with Gasteiger partial charge in [0.25, 0.3) is 0 Å². The van der Waals surface area contributed by atoms with Crippen molar-refractivity contribution < 1.29 is 26.4 Å². The molecule has 0 heterocycles. The number of unbranched alkanes of at least 4 members (excludes halogenated alkanes) is 15. The molecule has 36 heavy (non-hydrogen) atoms. The number of halogens is 1. The van der Waals surface area contributed by atoms with E-state index in [1.165, 1.54) is 116 Å². The van der Waals surface area contributed by atoms with Gasteiger partial charge in [-0.15, -0.1) is 0 Å². The van der Waals surface area contributed by atoms with Gasteiger partial charge in [0.15, 0.2) is 6.54 Å². The Labute approximate surface area is 231 Å². The van der Waals surface area contributed by atoms with Crippen LogP contribution in [-0.2, 0) is 9.53 Å². The molecule has 2 aliphatic carbocycles. The van der Waals surface area contributed by atoms with Crippen molar-refractivity contribution in [3.05, 3.63) is 0 Å². The summed E-state index contributed by atoms with van der Waals surface area (Å²) in [6.07, 6.45) is 26.1. The number of rotatable bonds is 20. The van der Waals surface area contributed by atoms with E-state index in [-0.39, 0.29) is 29.9 Å². The Morgan fingerprint density at radius 3 is 1.61 bits per heavy atom. The minimum absolute atomic E-state index is 0. The fourth-order valence-electron chi connectivity index (χ4n) is 7.02. The number of carbonyl (C=O) groups is 1. The Balaban J connectivity index is 0.00000648. The first-order valence-corrected chi connectivity index (χ1v) is 15.6. The van der Waals surface area contributed by atoms with Crippen LogP contribution in [0.15, 0.2) is 0 Å². The maximum atomic E-state index is 12.8. The smallest absolute Gasteiger partial charge is 0.362 e. The van der Waals surface area contributed by atoms with Crippen molar-refractivity contribution in [2.24, 2.45) is 16.7 Å². The highest BCUT2D eigenvalue weighted by molar-refractivity contribution is 5.71. The summed E-state index contributed by atoms with van der Waals surface area (Å²) >= 11 is 0. The second kappa shape index (κ2) is 16.6. The Kier molecular flexibility index (Phi) is 15.6. The van der Waals surface area contributed by atoms with Crippen LogP contribution in [0.2, 0.25) is 0 Å². The van der Waals surface area contributed by atoms with Gasteiger partial charge in [0, 0.05) is 5.41 Å². The average Bonchev–Trinajstić information content (AvgIpc) is 3.12. The van der Waals surface area contributed by atoms with Crippen LogP contribution in [0.1, 0.15) is 150 Å². The first-order valence-electron chi connectivity index (χ1n) is 15.6. The number of quaternary nitrogens is 1. The number of hydrogen-bond acceptors (Lipinski definition) is 2. The van der Waals surface area contributed by atoms with Crippen molar-refractivity contribution in [2.75, 3.05) is 27.2 Å². The zero-order valence-corrected chi connectivity index (χ0v) is 25.9. The molecule has 3 unspecified atom stereocenters. The van der Waals surface area contributed by atoms with Gasteiger partial charge in [0.2, 0.25) is 0 Å². The largest absolute Gasteiger partial charge is 1.00 e. The van der Waals surface area contributed by atoms with E-state index in [2.05, 4.69) is 41.8 Å². The molecular weight excluding hydrogens is 466 g/mol. The highest BCUT2D eigenvalue weighted by atomic mass is 35.5. The highest BCUT2D eigenvalue weighted by Gasteiger charge is 2.62. The summed E-state index contributed by atoms with van der Waals surface area (Å²) in [5, 5.41) is 0. The minimum Gasteiger partial charge on any atom is -1.00 e. The lowest BCUT2D eigenvalue weighted by atomic mass is 9.70. The Hall–Kier alpha value is -0.280. The standard InChI is InChI=1S/C32H62NO2.ClH/c1-7-8-9-10-11-12-13-14-15-16-17-18-19-20-21-22-25-33(5,6)27-30(34)35-29-26-28-23-24-32(29,4)31(28,2)3;/h28-29H,7-27H2,1-6H3;1H/q+1;/p-1. The summed E-state index contributed by atoms with van der Waals surface area (Å²) in [4.78, 5) is 12.8. The van der Waals surface area contributed by atoms with Crippen molar-refractivity contribution >= 4 is 5.97 Å². The van der Waals surface area contributed by atoms with Crippen LogP contribution in [0.4, 0.5) is 0 Å². The van der Waals surface area contributed by atoms with E-state index >= 15 is 0 Å². The van der Waals surface area contributed by atoms with Crippen LogP contribution in [0.5, 0.6) is 0 Å². The summed E-state index contributed by atoms with van der Waals surface area (Å²) < 4.78 is 6.86. The van der Waals surface area contributed by atoms with E-state index in [1.54, 1.807) is 0 Å². The number of fused-ring (bicyclic) bond motifs is 2. The van der Waals surface area contributed by atoms with Crippen LogP contribution in [0.3, 0.4) is 0 Å². The van der Waals surface area contributed by atoms with Gasteiger partial charge in [-0.25, -0.2) is 4.79 Å². The molecule has 0 spiro atoms. The predicted octanol–water partition coefficient (Wildman–Crippen LogP) is 6.09. The van der Waals surface area contributed by atoms with Gasteiger partial charge in [-0.05, 0) is 43.4 Å². The molecule has 2 aliphatic rings. The van der Waals surface area contributed by atoms with Crippen LogP contribution in [0, 0.1) is 16.7 Å². The van der Waals surface area contributed by atoms with Gasteiger partial charge < -0.3 is 21.6 Å². The average molecular weight is 528 g/mol. The lowest BCUT2D eigenvalue weighted by molar-refractivity contribution is -0.883. The van der Waals surface area contributed by atoms with Gasteiger partial charge in [0.05, 0.1) is 20.6 Å². The molecule has 0 aromatic rings. The normalized spacial score (nSPS) is 24.6. The molecule has 0 amide bonds. The molecule has 214 valence electrons. The molecule has 2 saturated carbocycles. The topological polar surface area (TPSA) is 26.3 Å². The number of carbonyl (C=O) groups excluding carboxylic acids is 1. The molecule has 2 rings (SSSR count). The van der Waals surface area contributed by atoms with E-state index in [0.717, 1.165) is 23.4 Å². The summed E-state index contributed by atoms with van der Waals surface area (Å²) in [5.41, 5.74) is 0.466. The molecule has 2 bridgehead atoms. The van der Waals surface area contributed by atoms with Crippen LogP contribution < -0.4 is 12.4 Å². The molecule has 0 aliphatic heterocycles. The molecule has 0 radical (unpaired) electrons. The van der Waals surface area contributed by atoms with Crippen molar-refractivity contribution in [3.8, 4) is 0 Å². The van der Waals surface area contributed by atoms with E-state index in [0.29, 0.717) is 12.0 Å². The number of likely N-dealkylation sites (N-methyl/N-ethyl adjacent to an activating group) is 1. The molecule has 2 fully saturated rings. The van der Waals surface area contributed by atoms with Gasteiger partial charge in [-0.1, -0.05) is 118 Å². The zero-order chi connectivity index (χ0) is 25.8. The van der Waals surface area contributed by atoms with Gasteiger partial charge in [-0.3, -0.25) is 0 Å². The molecule has 3 atom stereocenters. The molecule has 0 aromatic carbocycles. The number of ether oxygens (including phenoxy) is 1. The Bertz CT molecular complexity index is 605. The van der Waals surface area contributed by atoms with Crippen molar-refractivity contribution in [3.63, 3.8) is 0 Å². The lowest BCUT2D eigenvalue weighted by Crippen LogP contribution is -3.00. The quantitative estimate of drug-likeness (QED) is 0.109. The van der Waals surface area contributed by atoms with Crippen molar-refractivity contribution in [1.29, 1.82) is 0 Å². The minimum atomic E-state index is 0. The zero-order valence-electron chi connectivity index (χ0n) is 25.1. The predicted molar refractivity (Wildman–Crippen MR) is 150 cm³/mol. The monoisotopic (exact) mass is 527 g/mol.